The van der Waals surface area contributed by atoms with Gasteiger partial charge in [-0.05, 0) is 49.7 Å². The van der Waals surface area contributed by atoms with E-state index in [-0.39, 0.29) is 35.2 Å². The second-order valence-corrected chi connectivity index (χ2v) is 5.74. The summed E-state index contributed by atoms with van der Waals surface area (Å²) in [6.07, 6.45) is 10.2. The van der Waals surface area contributed by atoms with Crippen LogP contribution in [-0.2, 0) is 9.59 Å². The molecule has 0 fully saturated rings. The third kappa shape index (κ3) is 1.55. The number of rotatable bonds is 0. The van der Waals surface area contributed by atoms with E-state index in [0.29, 0.717) is 0 Å². The Bertz CT molecular complexity index is 461. The van der Waals surface area contributed by atoms with Crippen LogP contribution in [0.2, 0.25) is 0 Å². The number of hydrogen-bond acceptors (Lipinski definition) is 2. The van der Waals surface area contributed by atoms with E-state index in [1.54, 1.807) is 0 Å². The minimum Gasteiger partial charge on any atom is -0.294 e. The second-order valence-electron chi connectivity index (χ2n) is 5.74. The molecule has 3 aliphatic rings. The van der Waals surface area contributed by atoms with Crippen LogP contribution in [0.1, 0.15) is 26.7 Å². The lowest BCUT2D eigenvalue weighted by Gasteiger charge is -2.41. The lowest BCUT2D eigenvalue weighted by atomic mass is 9.60. The number of carbonyl (C=O) groups is 2. The van der Waals surface area contributed by atoms with Crippen molar-refractivity contribution in [3.63, 3.8) is 0 Å². The predicted octanol–water partition coefficient (Wildman–Crippen LogP) is 2.86. The number of hydrogen-bond donors (Lipinski definition) is 0. The highest BCUT2D eigenvalue weighted by molar-refractivity contribution is 6.05. The van der Waals surface area contributed by atoms with Crippen molar-refractivity contribution >= 4 is 11.6 Å². The fourth-order valence-electron chi connectivity index (χ4n) is 3.58. The van der Waals surface area contributed by atoms with Crippen LogP contribution in [0.15, 0.2) is 35.5 Å². The molecule has 18 heavy (non-hydrogen) atoms. The third-order valence-electron chi connectivity index (χ3n) is 4.69. The van der Waals surface area contributed by atoms with Crippen molar-refractivity contribution < 1.29 is 9.59 Å². The average molecular weight is 242 g/mol. The van der Waals surface area contributed by atoms with Crippen LogP contribution in [0.4, 0.5) is 0 Å². The van der Waals surface area contributed by atoms with E-state index in [4.69, 9.17) is 0 Å². The zero-order valence-corrected chi connectivity index (χ0v) is 10.8. The Labute approximate surface area is 107 Å². The maximum atomic E-state index is 12.4. The highest BCUT2D eigenvalue weighted by atomic mass is 16.1. The zero-order valence-electron chi connectivity index (χ0n) is 10.8. The number of ketones is 2. The molecule has 0 radical (unpaired) electrons. The van der Waals surface area contributed by atoms with Crippen molar-refractivity contribution in [1.29, 1.82) is 0 Å². The molecule has 0 amide bonds. The normalized spacial score (nSPS) is 38.8. The summed E-state index contributed by atoms with van der Waals surface area (Å²) < 4.78 is 0. The van der Waals surface area contributed by atoms with E-state index >= 15 is 0 Å². The predicted molar refractivity (Wildman–Crippen MR) is 69.9 cm³/mol. The summed E-state index contributed by atoms with van der Waals surface area (Å²) in [5.41, 5.74) is 1.68. The smallest absolute Gasteiger partial charge is 0.162 e. The molecule has 0 saturated heterocycles. The molecule has 2 nitrogen and oxygen atoms in total. The summed E-state index contributed by atoms with van der Waals surface area (Å²) in [6.45, 7) is 3.75. The average Bonchev–Trinajstić information content (AvgIpc) is 2.38. The van der Waals surface area contributed by atoms with E-state index in [1.807, 2.05) is 26.0 Å². The van der Waals surface area contributed by atoms with Gasteiger partial charge in [-0.25, -0.2) is 0 Å². The van der Waals surface area contributed by atoms with Gasteiger partial charge in [0.25, 0.3) is 0 Å². The number of allylic oxidation sites excluding steroid dienone is 6. The van der Waals surface area contributed by atoms with E-state index in [0.717, 1.165) is 24.0 Å². The van der Waals surface area contributed by atoms with Gasteiger partial charge in [-0.15, -0.1) is 0 Å². The molecule has 0 spiro atoms. The van der Waals surface area contributed by atoms with E-state index < -0.39 is 0 Å². The summed E-state index contributed by atoms with van der Waals surface area (Å²) in [4.78, 5) is 24.8. The Balaban J connectivity index is 2.04. The SMILES string of the molecule is CC1=CC[C@H]2C=C[C@@H]3CC=C(C)C(=O)[C@H]3[C@@H]2C1=O. The van der Waals surface area contributed by atoms with Crippen molar-refractivity contribution in [2.45, 2.75) is 26.7 Å². The van der Waals surface area contributed by atoms with Crippen LogP contribution in [0.3, 0.4) is 0 Å². The van der Waals surface area contributed by atoms with Crippen molar-refractivity contribution in [2.75, 3.05) is 0 Å². The van der Waals surface area contributed by atoms with Gasteiger partial charge in [0.2, 0.25) is 0 Å². The Morgan fingerprint density at radius 1 is 0.833 bits per heavy atom. The first kappa shape index (κ1) is 11.6. The first-order chi connectivity index (χ1) is 8.59. The Morgan fingerprint density at radius 3 is 1.61 bits per heavy atom. The van der Waals surface area contributed by atoms with Gasteiger partial charge >= 0.3 is 0 Å². The van der Waals surface area contributed by atoms with Gasteiger partial charge in [0.05, 0.1) is 0 Å². The van der Waals surface area contributed by atoms with Crippen LogP contribution in [0, 0.1) is 23.7 Å². The lowest BCUT2D eigenvalue weighted by molar-refractivity contribution is -0.132. The van der Waals surface area contributed by atoms with Crippen molar-refractivity contribution in [3.05, 3.63) is 35.5 Å². The van der Waals surface area contributed by atoms with Crippen LogP contribution in [0.25, 0.3) is 0 Å². The fourth-order valence-corrected chi connectivity index (χ4v) is 3.58. The quantitative estimate of drug-likeness (QED) is 0.612. The van der Waals surface area contributed by atoms with Gasteiger partial charge in [0, 0.05) is 11.8 Å². The monoisotopic (exact) mass is 242 g/mol. The molecular formula is C16H18O2. The Morgan fingerprint density at radius 2 is 1.22 bits per heavy atom. The van der Waals surface area contributed by atoms with Crippen LogP contribution in [-0.4, -0.2) is 11.6 Å². The van der Waals surface area contributed by atoms with Crippen molar-refractivity contribution in [3.8, 4) is 0 Å². The van der Waals surface area contributed by atoms with Crippen LogP contribution < -0.4 is 0 Å². The maximum absolute atomic E-state index is 12.4. The molecule has 4 atom stereocenters. The Kier molecular flexibility index (Phi) is 2.61. The van der Waals surface area contributed by atoms with E-state index in [2.05, 4.69) is 12.2 Å². The summed E-state index contributed by atoms with van der Waals surface area (Å²) in [5, 5.41) is 0. The number of fused-ring (bicyclic) bond motifs is 3. The van der Waals surface area contributed by atoms with E-state index in [9.17, 15) is 9.59 Å². The minimum atomic E-state index is -0.110. The molecule has 2 heteroatoms. The van der Waals surface area contributed by atoms with Gasteiger partial charge in [-0.2, -0.15) is 0 Å². The standard InChI is InChI=1S/C16H18O2/c1-9-3-5-11-7-8-12-6-4-10(2)16(18)14(12)13(11)15(9)17/h3-4,7-8,11-14H,5-6H2,1-2H3/t11-,12-,13+,14+/m0/s1. The molecular weight excluding hydrogens is 224 g/mol. The molecule has 3 rings (SSSR count). The van der Waals surface area contributed by atoms with Gasteiger partial charge in [-0.1, -0.05) is 24.3 Å². The first-order valence-electron chi connectivity index (χ1n) is 6.70. The highest BCUT2D eigenvalue weighted by Crippen LogP contribution is 2.45. The van der Waals surface area contributed by atoms with Gasteiger partial charge in [0.15, 0.2) is 11.6 Å². The van der Waals surface area contributed by atoms with Crippen molar-refractivity contribution in [1.82, 2.24) is 0 Å². The summed E-state index contributed by atoms with van der Waals surface area (Å²) in [5.74, 6) is 0.624. The summed E-state index contributed by atoms with van der Waals surface area (Å²) in [6, 6.07) is 0. The topological polar surface area (TPSA) is 34.1 Å². The molecule has 0 aliphatic heterocycles. The molecule has 0 saturated carbocycles. The number of carbonyl (C=O) groups excluding carboxylic acids is 2. The van der Waals surface area contributed by atoms with Crippen molar-refractivity contribution in [2.24, 2.45) is 23.7 Å². The second kappa shape index (κ2) is 4.04. The largest absolute Gasteiger partial charge is 0.294 e. The molecule has 0 bridgehead atoms. The summed E-state index contributed by atoms with van der Waals surface area (Å²) in [7, 11) is 0. The molecule has 0 aromatic carbocycles. The van der Waals surface area contributed by atoms with Crippen LogP contribution >= 0.6 is 0 Å². The van der Waals surface area contributed by atoms with Gasteiger partial charge in [-0.3, -0.25) is 9.59 Å². The minimum absolute atomic E-state index is 0.110. The molecule has 3 aliphatic carbocycles. The maximum Gasteiger partial charge on any atom is 0.162 e. The Hall–Kier alpha value is -1.44. The van der Waals surface area contributed by atoms with Gasteiger partial charge in [0.1, 0.15) is 0 Å². The zero-order chi connectivity index (χ0) is 12.9. The molecule has 0 aromatic rings. The highest BCUT2D eigenvalue weighted by Gasteiger charge is 2.46. The molecule has 0 N–H and O–H groups in total. The van der Waals surface area contributed by atoms with Crippen LogP contribution in [0.5, 0.6) is 0 Å². The van der Waals surface area contributed by atoms with Gasteiger partial charge < -0.3 is 0 Å². The molecule has 0 unspecified atom stereocenters. The summed E-state index contributed by atoms with van der Waals surface area (Å²) >= 11 is 0. The molecule has 0 aromatic heterocycles. The van der Waals surface area contributed by atoms with E-state index in [1.165, 1.54) is 0 Å². The third-order valence-corrected chi connectivity index (χ3v) is 4.69. The lowest BCUT2D eigenvalue weighted by Crippen LogP contribution is -2.44. The molecule has 94 valence electrons. The molecule has 0 heterocycles. The number of Topliss-reactive ketones (excluding diaryl/α,β-unsaturated/α-hetero) is 2. The first-order valence-corrected chi connectivity index (χ1v) is 6.70. The fraction of sp³-hybridized carbons (Fsp3) is 0.500.